The van der Waals surface area contributed by atoms with Crippen LogP contribution >= 0.6 is 0 Å². The second-order valence-corrected chi connectivity index (χ2v) is 3.18. The molecule has 0 unspecified atom stereocenters. The van der Waals surface area contributed by atoms with Crippen molar-refractivity contribution in [3.8, 4) is 12.3 Å². The molecule has 0 aromatic rings. The minimum absolute atomic E-state index is 0.229. The van der Waals surface area contributed by atoms with E-state index in [1.807, 2.05) is 0 Å². The molecule has 0 spiro atoms. The van der Waals surface area contributed by atoms with E-state index in [0.29, 0.717) is 13.0 Å². The van der Waals surface area contributed by atoms with Gasteiger partial charge in [-0.15, -0.1) is 6.42 Å². The van der Waals surface area contributed by atoms with Crippen LogP contribution in [0.25, 0.3) is 0 Å². The summed E-state index contributed by atoms with van der Waals surface area (Å²) in [6, 6.07) is 0. The molecule has 2 heteroatoms. The van der Waals surface area contributed by atoms with Crippen LogP contribution in [0.2, 0.25) is 0 Å². The molecular weight excluding hydrogens is 150 g/mol. The maximum absolute atomic E-state index is 11.4. The molecule has 0 N–H and O–H groups in total. The van der Waals surface area contributed by atoms with E-state index < -0.39 is 0 Å². The fourth-order valence-corrected chi connectivity index (χ4v) is 1.49. The fraction of sp³-hybridized carbons (Fsp3) is 0.700. The van der Waals surface area contributed by atoms with Gasteiger partial charge in [-0.05, 0) is 12.8 Å². The highest BCUT2D eigenvalue weighted by atomic mass is 16.2. The van der Waals surface area contributed by atoms with Crippen LogP contribution in [0, 0.1) is 12.3 Å². The van der Waals surface area contributed by atoms with Crippen LogP contribution in [0.1, 0.15) is 32.1 Å². The highest BCUT2D eigenvalue weighted by molar-refractivity contribution is 5.76. The first-order chi connectivity index (χ1) is 5.84. The van der Waals surface area contributed by atoms with Crippen molar-refractivity contribution in [3.63, 3.8) is 0 Å². The Morgan fingerprint density at radius 1 is 1.33 bits per heavy atom. The molecule has 0 bridgehead atoms. The lowest BCUT2D eigenvalue weighted by Crippen LogP contribution is -2.33. The van der Waals surface area contributed by atoms with Gasteiger partial charge in [0.1, 0.15) is 0 Å². The van der Waals surface area contributed by atoms with Crippen molar-refractivity contribution in [3.05, 3.63) is 0 Å². The summed E-state index contributed by atoms with van der Waals surface area (Å²) in [5, 5.41) is 0. The summed E-state index contributed by atoms with van der Waals surface area (Å²) >= 11 is 0. The molecule has 1 aliphatic heterocycles. The predicted molar refractivity (Wildman–Crippen MR) is 48.5 cm³/mol. The highest BCUT2D eigenvalue weighted by Crippen LogP contribution is 2.10. The maximum atomic E-state index is 11.4. The van der Waals surface area contributed by atoms with Crippen molar-refractivity contribution in [1.82, 2.24) is 4.90 Å². The van der Waals surface area contributed by atoms with Crippen LogP contribution < -0.4 is 0 Å². The van der Waals surface area contributed by atoms with E-state index in [-0.39, 0.29) is 5.91 Å². The molecule has 0 radical (unpaired) electrons. The van der Waals surface area contributed by atoms with E-state index in [9.17, 15) is 4.79 Å². The van der Waals surface area contributed by atoms with Gasteiger partial charge in [-0.25, -0.2) is 0 Å². The lowest BCUT2D eigenvalue weighted by molar-refractivity contribution is -0.131. The van der Waals surface area contributed by atoms with Crippen molar-refractivity contribution < 1.29 is 4.79 Å². The number of hydrogen-bond acceptors (Lipinski definition) is 1. The van der Waals surface area contributed by atoms with Crippen LogP contribution in [-0.4, -0.2) is 23.9 Å². The predicted octanol–water partition coefficient (Wildman–Crippen LogP) is 1.41. The second-order valence-electron chi connectivity index (χ2n) is 3.18. The smallest absolute Gasteiger partial charge is 0.223 e. The molecule has 1 fully saturated rings. The average Bonchev–Trinajstić information content (AvgIpc) is 2.05. The van der Waals surface area contributed by atoms with Gasteiger partial charge < -0.3 is 4.90 Å². The Morgan fingerprint density at radius 2 is 2.08 bits per heavy atom. The Balaban J connectivity index is 2.44. The molecule has 12 heavy (non-hydrogen) atoms. The Morgan fingerprint density at radius 3 is 2.83 bits per heavy atom. The lowest BCUT2D eigenvalue weighted by Gasteiger charge is -2.22. The van der Waals surface area contributed by atoms with Gasteiger partial charge in [0.2, 0.25) is 5.91 Å². The van der Waals surface area contributed by atoms with Crippen molar-refractivity contribution in [2.24, 2.45) is 0 Å². The molecule has 66 valence electrons. The normalized spacial score (nSPS) is 19.6. The molecular formula is C10H15NO. The Hall–Kier alpha value is -0.970. The van der Waals surface area contributed by atoms with Crippen LogP contribution in [0.5, 0.6) is 0 Å². The number of nitrogens with zero attached hydrogens (tertiary/aromatic N) is 1. The van der Waals surface area contributed by atoms with E-state index in [0.717, 1.165) is 19.4 Å². The summed E-state index contributed by atoms with van der Waals surface area (Å²) in [5.74, 6) is 2.75. The first-order valence-corrected chi connectivity index (χ1v) is 4.56. The third-order valence-electron chi connectivity index (χ3n) is 2.20. The molecule has 1 heterocycles. The van der Waals surface area contributed by atoms with E-state index in [1.54, 1.807) is 4.90 Å². The van der Waals surface area contributed by atoms with Crippen molar-refractivity contribution >= 4 is 5.91 Å². The van der Waals surface area contributed by atoms with Gasteiger partial charge in [0.05, 0.1) is 6.54 Å². The van der Waals surface area contributed by atoms with Gasteiger partial charge in [0.25, 0.3) is 0 Å². The highest BCUT2D eigenvalue weighted by Gasteiger charge is 2.13. The summed E-state index contributed by atoms with van der Waals surface area (Å²) < 4.78 is 0. The van der Waals surface area contributed by atoms with E-state index in [1.165, 1.54) is 12.8 Å². The van der Waals surface area contributed by atoms with Gasteiger partial charge in [-0.2, -0.15) is 0 Å². The quantitative estimate of drug-likeness (QED) is 0.538. The van der Waals surface area contributed by atoms with E-state index >= 15 is 0 Å². The third kappa shape index (κ3) is 2.58. The first-order valence-electron chi connectivity index (χ1n) is 4.56. The number of terminal acetylenes is 1. The molecule has 0 aromatic heterocycles. The Labute approximate surface area is 73.9 Å². The number of rotatable bonds is 1. The molecule has 0 atom stereocenters. The van der Waals surface area contributed by atoms with E-state index in [4.69, 9.17) is 6.42 Å². The summed E-state index contributed by atoms with van der Waals surface area (Å²) in [4.78, 5) is 13.2. The summed E-state index contributed by atoms with van der Waals surface area (Å²) in [6.45, 7) is 1.34. The van der Waals surface area contributed by atoms with Gasteiger partial charge in [-0.1, -0.05) is 18.8 Å². The molecule has 0 saturated carbocycles. The lowest BCUT2D eigenvalue weighted by atomic mass is 10.1. The maximum Gasteiger partial charge on any atom is 0.223 e. The zero-order valence-electron chi connectivity index (χ0n) is 7.38. The van der Waals surface area contributed by atoms with Crippen molar-refractivity contribution in [2.75, 3.05) is 13.1 Å². The Bertz CT molecular complexity index is 193. The summed E-state index contributed by atoms with van der Waals surface area (Å²) in [7, 11) is 0. The standard InChI is InChI=1S/C10H15NO/c1-2-8-11-9-6-4-3-5-7-10(11)12/h1H,3-9H2. The number of hydrogen-bond donors (Lipinski definition) is 0. The van der Waals surface area contributed by atoms with Gasteiger partial charge in [0.15, 0.2) is 0 Å². The monoisotopic (exact) mass is 165 g/mol. The fourth-order valence-electron chi connectivity index (χ4n) is 1.49. The molecule has 0 aromatic carbocycles. The molecule has 1 saturated heterocycles. The summed E-state index contributed by atoms with van der Waals surface area (Å²) in [5.41, 5.74) is 0. The average molecular weight is 165 g/mol. The summed E-state index contributed by atoms with van der Waals surface area (Å²) in [6.07, 6.45) is 10.4. The first kappa shape index (κ1) is 9.12. The van der Waals surface area contributed by atoms with Gasteiger partial charge >= 0.3 is 0 Å². The largest absolute Gasteiger partial charge is 0.332 e. The van der Waals surface area contributed by atoms with Crippen LogP contribution in [0.3, 0.4) is 0 Å². The molecule has 1 amide bonds. The Kier molecular flexibility index (Phi) is 3.66. The van der Waals surface area contributed by atoms with Gasteiger partial charge in [-0.3, -0.25) is 4.79 Å². The molecule has 1 rings (SSSR count). The zero-order valence-corrected chi connectivity index (χ0v) is 7.38. The number of likely N-dealkylation sites (tertiary alicyclic amines) is 1. The second kappa shape index (κ2) is 4.82. The molecule has 2 nitrogen and oxygen atoms in total. The van der Waals surface area contributed by atoms with Crippen LogP contribution in [0.4, 0.5) is 0 Å². The molecule has 1 aliphatic rings. The molecule has 0 aliphatic carbocycles. The number of carbonyl (C=O) groups excluding carboxylic acids is 1. The van der Waals surface area contributed by atoms with Gasteiger partial charge in [0, 0.05) is 13.0 Å². The third-order valence-corrected chi connectivity index (χ3v) is 2.20. The number of carbonyl (C=O) groups is 1. The minimum Gasteiger partial charge on any atom is -0.332 e. The SMILES string of the molecule is C#CCN1CCCCCCC1=O. The topological polar surface area (TPSA) is 20.3 Å². The van der Waals surface area contributed by atoms with Crippen molar-refractivity contribution in [1.29, 1.82) is 0 Å². The van der Waals surface area contributed by atoms with Crippen LogP contribution in [-0.2, 0) is 4.79 Å². The van der Waals surface area contributed by atoms with E-state index in [2.05, 4.69) is 5.92 Å². The zero-order chi connectivity index (χ0) is 8.81. The minimum atomic E-state index is 0.229. The van der Waals surface area contributed by atoms with Crippen molar-refractivity contribution in [2.45, 2.75) is 32.1 Å². The number of amides is 1. The van der Waals surface area contributed by atoms with Crippen LogP contribution in [0.15, 0.2) is 0 Å².